The van der Waals surface area contributed by atoms with Gasteiger partial charge in [0.05, 0.1) is 17.2 Å². The number of ether oxygens (including phenoxy) is 1. The van der Waals surface area contributed by atoms with Crippen LogP contribution in [0.25, 0.3) is 0 Å². The normalized spacial score (nSPS) is 14.7. The fourth-order valence-corrected chi connectivity index (χ4v) is 2.25. The summed E-state index contributed by atoms with van der Waals surface area (Å²) in [6, 6.07) is 10.5. The lowest BCUT2D eigenvalue weighted by Gasteiger charge is -2.29. The van der Waals surface area contributed by atoms with Crippen molar-refractivity contribution in [2.45, 2.75) is 51.8 Å². The molecule has 1 aromatic carbocycles. The molecule has 1 aromatic rings. The van der Waals surface area contributed by atoms with Gasteiger partial charge < -0.3 is 10.1 Å². The first-order chi connectivity index (χ1) is 8.88. The van der Waals surface area contributed by atoms with Crippen LogP contribution in [-0.4, -0.2) is 18.8 Å². The van der Waals surface area contributed by atoms with Gasteiger partial charge in [0.2, 0.25) is 0 Å². The van der Waals surface area contributed by atoms with E-state index in [0.29, 0.717) is 11.6 Å². The van der Waals surface area contributed by atoms with Gasteiger partial charge in [0.1, 0.15) is 0 Å². The van der Waals surface area contributed by atoms with Crippen LogP contribution in [-0.2, 0) is 4.74 Å². The highest BCUT2D eigenvalue weighted by atomic mass is 16.5. The largest absolute Gasteiger partial charge is 0.379 e. The van der Waals surface area contributed by atoms with E-state index in [-0.39, 0.29) is 11.6 Å². The van der Waals surface area contributed by atoms with Gasteiger partial charge in [-0.2, -0.15) is 5.26 Å². The van der Waals surface area contributed by atoms with Crippen molar-refractivity contribution in [1.82, 2.24) is 5.32 Å². The zero-order chi connectivity index (χ0) is 14.5. The molecular formula is C16H24N2O. The maximum Gasteiger partial charge on any atom is 0.0991 e. The monoisotopic (exact) mass is 260 g/mol. The van der Waals surface area contributed by atoms with Crippen molar-refractivity contribution in [3.05, 3.63) is 35.4 Å². The van der Waals surface area contributed by atoms with E-state index in [9.17, 15) is 0 Å². The van der Waals surface area contributed by atoms with Gasteiger partial charge in [0.15, 0.2) is 0 Å². The van der Waals surface area contributed by atoms with Crippen molar-refractivity contribution in [3.8, 4) is 6.07 Å². The van der Waals surface area contributed by atoms with Gasteiger partial charge in [-0.1, -0.05) is 12.1 Å². The summed E-state index contributed by atoms with van der Waals surface area (Å²) in [5.74, 6) is 0. The van der Waals surface area contributed by atoms with Crippen molar-refractivity contribution in [3.63, 3.8) is 0 Å². The number of hydrogen-bond donors (Lipinski definition) is 1. The molecule has 2 unspecified atom stereocenters. The summed E-state index contributed by atoms with van der Waals surface area (Å²) < 4.78 is 5.45. The van der Waals surface area contributed by atoms with Gasteiger partial charge >= 0.3 is 0 Å². The van der Waals surface area contributed by atoms with E-state index < -0.39 is 0 Å². The quantitative estimate of drug-likeness (QED) is 0.852. The van der Waals surface area contributed by atoms with E-state index >= 15 is 0 Å². The molecule has 1 rings (SSSR count). The SMILES string of the molecule is COC(C)(C)CC(C)NC(C)c1ccc(C#N)cc1. The molecule has 0 bridgehead atoms. The fourth-order valence-electron chi connectivity index (χ4n) is 2.25. The molecule has 0 radical (unpaired) electrons. The number of hydrogen-bond acceptors (Lipinski definition) is 3. The zero-order valence-electron chi connectivity index (χ0n) is 12.5. The van der Waals surface area contributed by atoms with Crippen molar-refractivity contribution < 1.29 is 4.74 Å². The molecule has 19 heavy (non-hydrogen) atoms. The highest BCUT2D eigenvalue weighted by Gasteiger charge is 2.21. The summed E-state index contributed by atoms with van der Waals surface area (Å²) in [5.41, 5.74) is 1.78. The van der Waals surface area contributed by atoms with Crippen LogP contribution in [0.2, 0.25) is 0 Å². The second-order valence-electron chi connectivity index (χ2n) is 5.69. The minimum Gasteiger partial charge on any atom is -0.379 e. The van der Waals surface area contributed by atoms with E-state index in [1.54, 1.807) is 7.11 Å². The van der Waals surface area contributed by atoms with E-state index in [1.807, 2.05) is 24.3 Å². The van der Waals surface area contributed by atoms with Crippen molar-refractivity contribution in [2.24, 2.45) is 0 Å². The van der Waals surface area contributed by atoms with E-state index in [2.05, 4.69) is 39.1 Å². The molecule has 2 atom stereocenters. The lowest BCUT2D eigenvalue weighted by Crippen LogP contribution is -2.36. The third-order valence-corrected chi connectivity index (χ3v) is 3.42. The average molecular weight is 260 g/mol. The third kappa shape index (κ3) is 5.02. The molecule has 104 valence electrons. The van der Waals surface area contributed by atoms with Crippen LogP contribution < -0.4 is 5.32 Å². The molecule has 0 fully saturated rings. The molecule has 3 heteroatoms. The van der Waals surface area contributed by atoms with Gasteiger partial charge in [-0.25, -0.2) is 0 Å². The second kappa shape index (κ2) is 6.70. The fraction of sp³-hybridized carbons (Fsp3) is 0.562. The summed E-state index contributed by atoms with van der Waals surface area (Å²) >= 11 is 0. The minimum absolute atomic E-state index is 0.114. The number of rotatable bonds is 6. The van der Waals surface area contributed by atoms with Gasteiger partial charge in [-0.3, -0.25) is 0 Å². The van der Waals surface area contributed by atoms with Crippen LogP contribution in [0.15, 0.2) is 24.3 Å². The first kappa shape index (κ1) is 15.7. The molecule has 0 aliphatic carbocycles. The standard InChI is InChI=1S/C16H24N2O/c1-12(10-16(3,4)19-5)18-13(2)15-8-6-14(11-17)7-9-15/h6-9,12-13,18H,10H2,1-5H3. The van der Waals surface area contributed by atoms with E-state index in [4.69, 9.17) is 10.00 Å². The molecule has 0 aliphatic heterocycles. The van der Waals surface area contributed by atoms with Crippen molar-refractivity contribution in [2.75, 3.05) is 7.11 Å². The summed E-state index contributed by atoms with van der Waals surface area (Å²) in [4.78, 5) is 0. The summed E-state index contributed by atoms with van der Waals surface area (Å²) in [5, 5.41) is 12.3. The Kier molecular flexibility index (Phi) is 5.53. The molecule has 0 saturated heterocycles. The molecular weight excluding hydrogens is 236 g/mol. The topological polar surface area (TPSA) is 45.0 Å². The highest BCUT2D eigenvalue weighted by molar-refractivity contribution is 5.32. The first-order valence-corrected chi connectivity index (χ1v) is 6.69. The van der Waals surface area contributed by atoms with Crippen LogP contribution in [0.3, 0.4) is 0 Å². The zero-order valence-corrected chi connectivity index (χ0v) is 12.5. The van der Waals surface area contributed by atoms with Crippen LogP contribution in [0.1, 0.15) is 51.3 Å². The number of nitrogens with one attached hydrogen (secondary N) is 1. The molecule has 1 N–H and O–H groups in total. The molecule has 0 aromatic heterocycles. The molecule has 0 heterocycles. The average Bonchev–Trinajstić information content (AvgIpc) is 2.38. The predicted molar refractivity (Wildman–Crippen MR) is 77.9 cm³/mol. The first-order valence-electron chi connectivity index (χ1n) is 6.69. The van der Waals surface area contributed by atoms with E-state index in [1.165, 1.54) is 5.56 Å². The Balaban J connectivity index is 2.58. The smallest absolute Gasteiger partial charge is 0.0991 e. The van der Waals surface area contributed by atoms with Gasteiger partial charge in [-0.05, 0) is 51.8 Å². The summed E-state index contributed by atoms with van der Waals surface area (Å²) in [6.07, 6.45) is 0.949. The summed E-state index contributed by atoms with van der Waals surface area (Å²) in [7, 11) is 1.75. The molecule has 0 saturated carbocycles. The Morgan fingerprint density at radius 1 is 1.26 bits per heavy atom. The van der Waals surface area contributed by atoms with Crippen LogP contribution >= 0.6 is 0 Å². The van der Waals surface area contributed by atoms with Gasteiger partial charge in [-0.15, -0.1) is 0 Å². The van der Waals surface area contributed by atoms with E-state index in [0.717, 1.165) is 6.42 Å². The van der Waals surface area contributed by atoms with Crippen LogP contribution in [0.4, 0.5) is 0 Å². The molecule has 3 nitrogen and oxygen atoms in total. The van der Waals surface area contributed by atoms with Crippen LogP contribution in [0.5, 0.6) is 0 Å². The second-order valence-corrected chi connectivity index (χ2v) is 5.69. The Hall–Kier alpha value is -1.37. The van der Waals surface area contributed by atoms with Crippen molar-refractivity contribution in [1.29, 1.82) is 5.26 Å². The maximum atomic E-state index is 8.79. The Bertz CT molecular complexity index is 431. The minimum atomic E-state index is -0.114. The number of benzene rings is 1. The Labute approximate surface area is 116 Å². The van der Waals surface area contributed by atoms with Crippen LogP contribution in [0, 0.1) is 11.3 Å². The Morgan fingerprint density at radius 2 is 1.84 bits per heavy atom. The molecule has 0 spiro atoms. The predicted octanol–water partition coefficient (Wildman–Crippen LogP) is 3.41. The number of nitriles is 1. The van der Waals surface area contributed by atoms with Gasteiger partial charge in [0, 0.05) is 19.2 Å². The lowest BCUT2D eigenvalue weighted by molar-refractivity contribution is 0.00782. The third-order valence-electron chi connectivity index (χ3n) is 3.42. The maximum absolute atomic E-state index is 8.79. The van der Waals surface area contributed by atoms with Crippen molar-refractivity contribution >= 4 is 0 Å². The Morgan fingerprint density at radius 3 is 2.32 bits per heavy atom. The highest BCUT2D eigenvalue weighted by Crippen LogP contribution is 2.19. The molecule has 0 aliphatic rings. The summed E-state index contributed by atoms with van der Waals surface area (Å²) in [6.45, 7) is 8.49. The lowest BCUT2D eigenvalue weighted by atomic mass is 9.98. The number of methoxy groups -OCH3 is 1. The van der Waals surface area contributed by atoms with Gasteiger partial charge in [0.25, 0.3) is 0 Å². The number of nitrogens with zero attached hydrogens (tertiary/aromatic N) is 1. The molecule has 0 amide bonds.